The quantitative estimate of drug-likeness (QED) is 0.554. The number of aliphatic carboxylic acids is 1. The summed E-state index contributed by atoms with van der Waals surface area (Å²) in [6.45, 7) is 12.6. The number of carbonyl (C=O) groups excluding carboxylic acids is 1. The van der Waals surface area contributed by atoms with Gasteiger partial charge in [0, 0.05) is 13.0 Å². The topological polar surface area (TPSA) is 72.9 Å². The van der Waals surface area contributed by atoms with Gasteiger partial charge in [0.2, 0.25) is 5.91 Å². The first-order valence-electron chi connectivity index (χ1n) is 7.46. The van der Waals surface area contributed by atoms with E-state index in [1.807, 2.05) is 0 Å². The van der Waals surface area contributed by atoms with Crippen molar-refractivity contribution in [2.24, 2.45) is 0 Å². The van der Waals surface area contributed by atoms with Crippen molar-refractivity contribution in [2.75, 3.05) is 32.7 Å². The molecule has 20 heavy (non-hydrogen) atoms. The summed E-state index contributed by atoms with van der Waals surface area (Å²) in [5, 5.41) is 11.4. The Balaban J connectivity index is 4.49. The van der Waals surface area contributed by atoms with Crippen LogP contribution in [0.2, 0.25) is 0 Å². The molecule has 0 spiro atoms. The first kappa shape index (κ1) is 18.9. The van der Waals surface area contributed by atoms with Crippen LogP contribution in [0, 0.1) is 0 Å². The molecule has 0 aliphatic rings. The molecule has 0 aromatic heterocycles. The van der Waals surface area contributed by atoms with Crippen LogP contribution in [0.3, 0.4) is 0 Å². The van der Waals surface area contributed by atoms with E-state index in [1.165, 1.54) is 0 Å². The van der Waals surface area contributed by atoms with Gasteiger partial charge in [-0.1, -0.05) is 27.7 Å². The highest BCUT2D eigenvalue weighted by Crippen LogP contribution is 2.05. The van der Waals surface area contributed by atoms with E-state index in [0.717, 1.165) is 26.2 Å². The molecule has 2 N–H and O–H groups in total. The van der Waals surface area contributed by atoms with Crippen LogP contribution in [0.25, 0.3) is 0 Å². The van der Waals surface area contributed by atoms with E-state index in [4.69, 9.17) is 5.11 Å². The van der Waals surface area contributed by atoms with Crippen LogP contribution in [0.5, 0.6) is 0 Å². The number of hydrogen-bond acceptors (Lipinski definition) is 4. The maximum absolute atomic E-state index is 11.6. The standard InChI is InChI=1S/C14H29N3O3/c1-5-16(6-2)13(17(7-3)8-4)11-15-12(18)9-10-14(19)20/h13H,5-11H2,1-4H3,(H,15,18)(H,19,20). The van der Waals surface area contributed by atoms with Crippen molar-refractivity contribution in [3.63, 3.8) is 0 Å². The monoisotopic (exact) mass is 287 g/mol. The lowest BCUT2D eigenvalue weighted by atomic mass is 10.2. The number of carboxylic acids is 1. The van der Waals surface area contributed by atoms with Crippen LogP contribution in [0.4, 0.5) is 0 Å². The molecule has 0 atom stereocenters. The predicted molar refractivity (Wildman–Crippen MR) is 79.5 cm³/mol. The number of rotatable bonds is 11. The Labute approximate surface area is 122 Å². The van der Waals surface area contributed by atoms with E-state index in [1.54, 1.807) is 0 Å². The molecule has 0 aliphatic heterocycles. The Bertz CT molecular complexity index is 277. The molecule has 0 unspecified atom stereocenters. The molecule has 0 fully saturated rings. The maximum Gasteiger partial charge on any atom is 0.303 e. The largest absolute Gasteiger partial charge is 0.481 e. The van der Waals surface area contributed by atoms with Crippen molar-refractivity contribution in [3.8, 4) is 0 Å². The number of carboxylic acid groups (broad SMARTS) is 1. The van der Waals surface area contributed by atoms with Crippen LogP contribution in [-0.4, -0.2) is 65.7 Å². The highest BCUT2D eigenvalue weighted by Gasteiger charge is 2.21. The van der Waals surface area contributed by atoms with Crippen LogP contribution < -0.4 is 5.32 Å². The summed E-state index contributed by atoms with van der Waals surface area (Å²) in [5.74, 6) is -1.14. The van der Waals surface area contributed by atoms with Crippen molar-refractivity contribution in [2.45, 2.75) is 46.7 Å². The van der Waals surface area contributed by atoms with Gasteiger partial charge in [-0.25, -0.2) is 0 Å². The second-order valence-corrected chi connectivity index (χ2v) is 4.62. The summed E-state index contributed by atoms with van der Waals surface area (Å²) >= 11 is 0. The number of likely N-dealkylation sites (N-methyl/N-ethyl adjacent to an activating group) is 2. The lowest BCUT2D eigenvalue weighted by Gasteiger charge is -2.38. The smallest absolute Gasteiger partial charge is 0.303 e. The Morgan fingerprint density at radius 3 is 1.75 bits per heavy atom. The van der Waals surface area contributed by atoms with Gasteiger partial charge in [-0.05, 0) is 26.2 Å². The number of hydrogen-bond donors (Lipinski definition) is 2. The lowest BCUT2D eigenvalue weighted by molar-refractivity contribution is -0.138. The van der Waals surface area contributed by atoms with Crippen molar-refractivity contribution in [3.05, 3.63) is 0 Å². The summed E-state index contributed by atoms with van der Waals surface area (Å²) < 4.78 is 0. The summed E-state index contributed by atoms with van der Waals surface area (Å²) in [6, 6.07) is 0. The number of nitrogens with one attached hydrogen (secondary N) is 1. The molecule has 6 nitrogen and oxygen atoms in total. The molecule has 0 saturated carbocycles. The lowest BCUT2D eigenvalue weighted by Crippen LogP contribution is -2.54. The number of nitrogens with zero attached hydrogens (tertiary/aromatic N) is 2. The molecule has 0 aliphatic carbocycles. The average molecular weight is 287 g/mol. The highest BCUT2D eigenvalue weighted by molar-refractivity contribution is 5.80. The van der Waals surface area contributed by atoms with Gasteiger partial charge in [-0.3, -0.25) is 19.4 Å². The minimum absolute atomic E-state index is 0.0402. The van der Waals surface area contributed by atoms with E-state index in [9.17, 15) is 9.59 Å². The van der Waals surface area contributed by atoms with Gasteiger partial charge in [0.15, 0.2) is 0 Å². The summed E-state index contributed by atoms with van der Waals surface area (Å²) in [4.78, 5) is 26.7. The molecule has 0 bridgehead atoms. The summed E-state index contributed by atoms with van der Waals surface area (Å²) in [6.07, 6.45) is 0.0831. The van der Waals surface area contributed by atoms with Crippen LogP contribution in [0.15, 0.2) is 0 Å². The third-order valence-electron chi connectivity index (χ3n) is 3.52. The normalized spacial score (nSPS) is 11.3. The highest BCUT2D eigenvalue weighted by atomic mass is 16.4. The zero-order chi connectivity index (χ0) is 15.5. The molecule has 0 aromatic carbocycles. The maximum atomic E-state index is 11.6. The number of carbonyl (C=O) groups is 2. The van der Waals surface area contributed by atoms with Gasteiger partial charge < -0.3 is 10.4 Å². The van der Waals surface area contributed by atoms with Gasteiger partial charge in [0.25, 0.3) is 0 Å². The molecule has 0 saturated heterocycles. The second kappa shape index (κ2) is 10.6. The third kappa shape index (κ3) is 6.86. The fraction of sp³-hybridized carbons (Fsp3) is 0.857. The molecule has 118 valence electrons. The summed E-state index contributed by atoms with van der Waals surface area (Å²) in [5.41, 5.74) is 0. The molecule has 0 rings (SSSR count). The Kier molecular flexibility index (Phi) is 10.0. The van der Waals surface area contributed by atoms with Crippen molar-refractivity contribution >= 4 is 11.9 Å². The minimum Gasteiger partial charge on any atom is -0.481 e. The Hall–Kier alpha value is -1.14. The Morgan fingerprint density at radius 1 is 0.950 bits per heavy atom. The molecular formula is C14H29N3O3. The first-order valence-corrected chi connectivity index (χ1v) is 7.46. The fourth-order valence-corrected chi connectivity index (χ4v) is 2.29. The van der Waals surface area contributed by atoms with E-state index < -0.39 is 5.97 Å². The Morgan fingerprint density at radius 2 is 1.40 bits per heavy atom. The van der Waals surface area contributed by atoms with Crippen LogP contribution in [-0.2, 0) is 9.59 Å². The fourth-order valence-electron chi connectivity index (χ4n) is 2.29. The van der Waals surface area contributed by atoms with Crippen molar-refractivity contribution < 1.29 is 14.7 Å². The van der Waals surface area contributed by atoms with Crippen LogP contribution >= 0.6 is 0 Å². The van der Waals surface area contributed by atoms with Crippen molar-refractivity contribution in [1.29, 1.82) is 0 Å². The van der Waals surface area contributed by atoms with Crippen molar-refractivity contribution in [1.82, 2.24) is 15.1 Å². The van der Waals surface area contributed by atoms with E-state index in [2.05, 4.69) is 42.8 Å². The van der Waals surface area contributed by atoms with Gasteiger partial charge in [0.1, 0.15) is 0 Å². The average Bonchev–Trinajstić information content (AvgIpc) is 2.44. The molecule has 1 amide bonds. The van der Waals surface area contributed by atoms with Crippen LogP contribution in [0.1, 0.15) is 40.5 Å². The SMILES string of the molecule is CCN(CC)C(CNC(=O)CCC(=O)O)N(CC)CC. The van der Waals surface area contributed by atoms with Gasteiger partial charge in [-0.15, -0.1) is 0 Å². The first-order chi connectivity index (χ1) is 9.49. The molecular weight excluding hydrogens is 258 g/mol. The zero-order valence-corrected chi connectivity index (χ0v) is 13.2. The van der Waals surface area contributed by atoms with Gasteiger partial charge in [-0.2, -0.15) is 0 Å². The van der Waals surface area contributed by atoms with E-state index >= 15 is 0 Å². The molecule has 0 aromatic rings. The number of amides is 1. The minimum atomic E-state index is -0.941. The third-order valence-corrected chi connectivity index (χ3v) is 3.52. The molecule has 0 radical (unpaired) electrons. The van der Waals surface area contributed by atoms with Gasteiger partial charge >= 0.3 is 5.97 Å². The van der Waals surface area contributed by atoms with E-state index in [0.29, 0.717) is 6.54 Å². The molecule has 6 heteroatoms. The second-order valence-electron chi connectivity index (χ2n) is 4.62. The summed E-state index contributed by atoms with van der Waals surface area (Å²) in [7, 11) is 0. The van der Waals surface area contributed by atoms with E-state index in [-0.39, 0.29) is 24.9 Å². The predicted octanol–water partition coefficient (Wildman–Crippen LogP) is 0.977. The molecule has 0 heterocycles. The van der Waals surface area contributed by atoms with Gasteiger partial charge in [0.05, 0.1) is 12.6 Å². The zero-order valence-electron chi connectivity index (χ0n) is 13.2.